The number of hydrogen-bond donors (Lipinski definition) is 2. The molecule has 0 amide bonds. The fourth-order valence-corrected chi connectivity index (χ4v) is 3.03. The van der Waals surface area contributed by atoms with Crippen LogP contribution >= 0.6 is 0 Å². The second-order valence-electron chi connectivity index (χ2n) is 6.51. The molecule has 0 saturated heterocycles. The maximum absolute atomic E-state index is 12.8. The highest BCUT2D eigenvalue weighted by Gasteiger charge is 2.19. The summed E-state index contributed by atoms with van der Waals surface area (Å²) in [6.45, 7) is 5.20. The number of ketones is 1. The van der Waals surface area contributed by atoms with Crippen molar-refractivity contribution < 1.29 is 24.5 Å². The van der Waals surface area contributed by atoms with Crippen LogP contribution in [0.5, 0.6) is 11.5 Å². The normalized spacial score (nSPS) is 10.9. The van der Waals surface area contributed by atoms with E-state index in [2.05, 4.69) is 0 Å². The van der Waals surface area contributed by atoms with Crippen LogP contribution in [0.4, 0.5) is 0 Å². The smallest absolute Gasteiger partial charge is 0.341 e. The first-order valence-corrected chi connectivity index (χ1v) is 9.78. The van der Waals surface area contributed by atoms with Crippen molar-refractivity contribution >= 4 is 28.2 Å². The van der Waals surface area contributed by atoms with Gasteiger partial charge >= 0.3 is 5.97 Å². The maximum Gasteiger partial charge on any atom is 0.341 e. The number of carbonyl (C=O) groups is 2. The summed E-state index contributed by atoms with van der Waals surface area (Å²) in [5.74, 6) is -1.73. The molecule has 0 aliphatic carbocycles. The first-order valence-electron chi connectivity index (χ1n) is 9.78. The number of rotatable bonds is 6. The Morgan fingerprint density at radius 2 is 1.77 bits per heavy atom. The quantitative estimate of drug-likeness (QED) is 0.458. The molecule has 3 aromatic rings. The van der Waals surface area contributed by atoms with Crippen LogP contribution in [0.1, 0.15) is 36.7 Å². The molecule has 0 aliphatic heterocycles. The molecule has 2 N–H and O–H groups in total. The van der Waals surface area contributed by atoms with E-state index in [4.69, 9.17) is 9.84 Å². The number of carbonyl (C=O) groups excluding carboxylic acids is 1. The van der Waals surface area contributed by atoms with Gasteiger partial charge in [-0.15, -0.1) is 0 Å². The summed E-state index contributed by atoms with van der Waals surface area (Å²) in [5, 5.41) is 19.7. The van der Waals surface area contributed by atoms with E-state index in [9.17, 15) is 19.5 Å². The number of nitrogens with zero attached hydrogens (tertiary/aromatic N) is 1. The van der Waals surface area contributed by atoms with Crippen LogP contribution < -0.4 is 10.3 Å². The Morgan fingerprint density at radius 1 is 1.10 bits per heavy atom. The molecule has 0 radical (unpaired) electrons. The summed E-state index contributed by atoms with van der Waals surface area (Å²) in [7, 11) is 1.54. The van der Waals surface area contributed by atoms with Crippen LogP contribution in [0.25, 0.3) is 16.5 Å². The Morgan fingerprint density at radius 3 is 2.45 bits per heavy atom. The number of fused-ring (bicyclic) bond motifs is 1. The summed E-state index contributed by atoms with van der Waals surface area (Å²) in [6, 6.07) is 13.4. The molecule has 1 aromatic heterocycles. The standard InChI is InChI=1S/C22H19NO6.C2H6/c1-13(14-6-5-7-15(11-14)29-12-19(25)26)10-18(24)20-21(27)16-8-3-4-9-17(16)23(2)22(20)28;1-2/h3-11,27H,12H2,1-2H3,(H,25,26);1-2H3/b13-10+;. The molecule has 0 spiro atoms. The summed E-state index contributed by atoms with van der Waals surface area (Å²) in [4.78, 5) is 36.1. The minimum Gasteiger partial charge on any atom is -0.506 e. The van der Waals surface area contributed by atoms with Crippen molar-refractivity contribution in [1.82, 2.24) is 4.57 Å². The zero-order valence-corrected chi connectivity index (χ0v) is 17.9. The average molecular weight is 423 g/mol. The van der Waals surface area contributed by atoms with Gasteiger partial charge in [-0.1, -0.05) is 38.1 Å². The van der Waals surface area contributed by atoms with E-state index in [0.717, 1.165) is 0 Å². The minimum absolute atomic E-state index is 0.302. The second-order valence-corrected chi connectivity index (χ2v) is 6.51. The van der Waals surface area contributed by atoms with Gasteiger partial charge in [-0.05, 0) is 48.4 Å². The van der Waals surface area contributed by atoms with Crippen molar-refractivity contribution in [3.8, 4) is 11.5 Å². The summed E-state index contributed by atoms with van der Waals surface area (Å²) < 4.78 is 6.47. The van der Waals surface area contributed by atoms with E-state index >= 15 is 0 Å². The molecule has 0 saturated carbocycles. The maximum atomic E-state index is 12.8. The predicted molar refractivity (Wildman–Crippen MR) is 120 cm³/mol. The highest BCUT2D eigenvalue weighted by molar-refractivity contribution is 6.12. The van der Waals surface area contributed by atoms with Crippen LogP contribution in [-0.4, -0.2) is 33.1 Å². The van der Waals surface area contributed by atoms with Crippen molar-refractivity contribution in [2.45, 2.75) is 20.8 Å². The van der Waals surface area contributed by atoms with E-state index in [1.165, 1.54) is 10.6 Å². The van der Waals surface area contributed by atoms with Crippen LogP contribution in [0, 0.1) is 0 Å². The molecule has 2 aromatic carbocycles. The monoisotopic (exact) mass is 423 g/mol. The number of aliphatic carboxylic acids is 1. The van der Waals surface area contributed by atoms with Crippen LogP contribution in [0.3, 0.4) is 0 Å². The number of ether oxygens (including phenoxy) is 1. The number of benzene rings is 2. The zero-order valence-electron chi connectivity index (χ0n) is 17.9. The molecule has 7 nitrogen and oxygen atoms in total. The molecule has 0 unspecified atom stereocenters. The number of pyridine rings is 1. The number of carboxylic acids is 1. The van der Waals surface area contributed by atoms with Gasteiger partial charge in [0.2, 0.25) is 0 Å². The number of aromatic hydroxyl groups is 1. The second kappa shape index (κ2) is 10.2. The number of allylic oxidation sites excluding steroid dienone is 2. The lowest BCUT2D eigenvalue weighted by Crippen LogP contribution is -2.24. The van der Waals surface area contributed by atoms with Gasteiger partial charge in [0.25, 0.3) is 5.56 Å². The molecular formula is C24H25NO6. The Kier molecular flexibility index (Phi) is 7.74. The molecular weight excluding hydrogens is 398 g/mol. The summed E-state index contributed by atoms with van der Waals surface area (Å²) in [6.07, 6.45) is 1.27. The Balaban J connectivity index is 0.00000166. The molecule has 0 aliphatic rings. The Labute approximate surface area is 179 Å². The fraction of sp³-hybridized carbons (Fsp3) is 0.208. The third-order valence-electron chi connectivity index (χ3n) is 4.52. The van der Waals surface area contributed by atoms with Gasteiger partial charge in [-0.3, -0.25) is 9.59 Å². The molecule has 3 rings (SSSR count). The largest absolute Gasteiger partial charge is 0.506 e. The highest BCUT2D eigenvalue weighted by Crippen LogP contribution is 2.27. The topological polar surface area (TPSA) is 106 Å². The van der Waals surface area contributed by atoms with Crippen molar-refractivity contribution in [1.29, 1.82) is 0 Å². The average Bonchev–Trinajstić information content (AvgIpc) is 2.78. The molecule has 0 bridgehead atoms. The van der Waals surface area contributed by atoms with Gasteiger partial charge in [-0.2, -0.15) is 0 Å². The molecule has 0 fully saturated rings. The lowest BCUT2D eigenvalue weighted by Gasteiger charge is -2.10. The van der Waals surface area contributed by atoms with Gasteiger partial charge in [0.1, 0.15) is 17.1 Å². The summed E-state index contributed by atoms with van der Waals surface area (Å²) in [5.41, 5.74) is 0.789. The van der Waals surface area contributed by atoms with E-state index in [1.807, 2.05) is 13.8 Å². The number of aryl methyl sites for hydroxylation is 1. The number of carboxylic acid groups (broad SMARTS) is 1. The van der Waals surface area contributed by atoms with Crippen LogP contribution in [0.15, 0.2) is 59.4 Å². The Bertz CT molecular complexity index is 1210. The minimum atomic E-state index is -1.10. The zero-order chi connectivity index (χ0) is 23.1. The highest BCUT2D eigenvalue weighted by atomic mass is 16.5. The van der Waals surface area contributed by atoms with E-state index < -0.39 is 23.9 Å². The third kappa shape index (κ3) is 5.19. The van der Waals surface area contributed by atoms with Crippen LogP contribution in [0.2, 0.25) is 0 Å². The third-order valence-corrected chi connectivity index (χ3v) is 4.52. The van der Waals surface area contributed by atoms with E-state index in [0.29, 0.717) is 27.8 Å². The van der Waals surface area contributed by atoms with Crippen molar-refractivity contribution in [3.05, 3.63) is 76.1 Å². The van der Waals surface area contributed by atoms with Crippen molar-refractivity contribution in [2.75, 3.05) is 6.61 Å². The SMILES string of the molecule is C/C(=C\C(=O)c1c(O)c2ccccc2n(C)c1=O)c1cccc(OCC(=O)O)c1.CC. The lowest BCUT2D eigenvalue weighted by molar-refractivity contribution is -0.139. The van der Waals surface area contributed by atoms with E-state index in [-0.39, 0.29) is 11.3 Å². The van der Waals surface area contributed by atoms with Gasteiger partial charge < -0.3 is 19.5 Å². The molecule has 1 heterocycles. The summed E-state index contributed by atoms with van der Waals surface area (Å²) >= 11 is 0. The molecule has 7 heteroatoms. The first-order chi connectivity index (χ1) is 14.8. The van der Waals surface area contributed by atoms with Gasteiger partial charge in [0.05, 0.1) is 5.52 Å². The number of hydrogen-bond acceptors (Lipinski definition) is 5. The molecule has 0 atom stereocenters. The van der Waals surface area contributed by atoms with Crippen molar-refractivity contribution in [2.24, 2.45) is 7.05 Å². The fourth-order valence-electron chi connectivity index (χ4n) is 3.03. The van der Waals surface area contributed by atoms with Gasteiger partial charge in [-0.25, -0.2) is 4.79 Å². The predicted octanol–water partition coefficient (Wildman–Crippen LogP) is 4.02. The van der Waals surface area contributed by atoms with Gasteiger partial charge in [0, 0.05) is 12.4 Å². The molecule has 162 valence electrons. The first kappa shape index (κ1) is 23.4. The van der Waals surface area contributed by atoms with Gasteiger partial charge in [0.15, 0.2) is 12.4 Å². The number of aromatic nitrogens is 1. The lowest BCUT2D eigenvalue weighted by atomic mass is 10.0. The van der Waals surface area contributed by atoms with E-state index in [1.54, 1.807) is 62.5 Å². The van der Waals surface area contributed by atoms with Crippen molar-refractivity contribution in [3.63, 3.8) is 0 Å². The number of para-hydroxylation sites is 1. The van der Waals surface area contributed by atoms with Crippen LogP contribution in [-0.2, 0) is 11.8 Å². The molecule has 31 heavy (non-hydrogen) atoms. The Hall–Kier alpha value is -3.87.